The maximum atomic E-state index is 12.1. The third kappa shape index (κ3) is 3.44. The lowest BCUT2D eigenvalue weighted by molar-refractivity contribution is 0.0695. The fourth-order valence-corrected chi connectivity index (χ4v) is 3.26. The number of carbonyl (C=O) groups is 1. The molecule has 2 aromatic rings. The van der Waals surface area contributed by atoms with Crippen LogP contribution in [0.5, 0.6) is 0 Å². The number of carboxylic acids is 1. The smallest absolute Gasteiger partial charge is 0.339 e. The van der Waals surface area contributed by atoms with E-state index in [1.165, 1.54) is 25.1 Å². The molecule has 0 fully saturated rings. The summed E-state index contributed by atoms with van der Waals surface area (Å²) in [6, 6.07) is 7.31. The molecule has 0 spiro atoms. The molecular weight excluding hydrogens is 318 g/mol. The van der Waals surface area contributed by atoms with Gasteiger partial charge in [-0.1, -0.05) is 23.7 Å². The van der Waals surface area contributed by atoms with Crippen molar-refractivity contribution in [1.82, 2.24) is 4.72 Å². The molecule has 2 N–H and O–H groups in total. The number of aromatic carboxylic acids is 1. The average Bonchev–Trinajstić information content (AvgIpc) is 2.78. The van der Waals surface area contributed by atoms with Gasteiger partial charge >= 0.3 is 5.97 Å². The first-order valence-electron chi connectivity index (χ1n) is 5.88. The number of hydrogen-bond acceptors (Lipinski definition) is 4. The predicted molar refractivity (Wildman–Crippen MR) is 75.9 cm³/mol. The van der Waals surface area contributed by atoms with Gasteiger partial charge in [-0.05, 0) is 25.1 Å². The lowest BCUT2D eigenvalue weighted by Crippen LogP contribution is -2.23. The molecule has 6 nitrogen and oxygen atoms in total. The van der Waals surface area contributed by atoms with E-state index in [2.05, 4.69) is 4.72 Å². The van der Waals surface area contributed by atoms with Crippen molar-refractivity contribution in [2.24, 2.45) is 0 Å². The Morgan fingerprint density at radius 3 is 2.62 bits per heavy atom. The molecule has 2 rings (SSSR count). The number of rotatable bonds is 5. The molecule has 1 heterocycles. The van der Waals surface area contributed by atoms with Crippen molar-refractivity contribution in [2.45, 2.75) is 18.4 Å². The van der Waals surface area contributed by atoms with Crippen molar-refractivity contribution < 1.29 is 22.7 Å². The summed E-state index contributed by atoms with van der Waals surface area (Å²) in [5.74, 6) is -0.702. The second kappa shape index (κ2) is 5.88. The van der Waals surface area contributed by atoms with Crippen molar-refractivity contribution in [3.63, 3.8) is 0 Å². The van der Waals surface area contributed by atoms with E-state index in [1.54, 1.807) is 12.1 Å². The summed E-state index contributed by atoms with van der Waals surface area (Å²) in [6.07, 6.45) is 0. The van der Waals surface area contributed by atoms with E-state index in [4.69, 9.17) is 21.1 Å². The Balaban J connectivity index is 2.18. The topological polar surface area (TPSA) is 96.6 Å². The Hall–Kier alpha value is -1.83. The van der Waals surface area contributed by atoms with Crippen LogP contribution in [-0.4, -0.2) is 19.5 Å². The number of nitrogens with one attached hydrogen (secondary N) is 1. The molecular formula is C13H12ClNO5S. The molecule has 1 aromatic heterocycles. The second-order valence-electron chi connectivity index (χ2n) is 4.24. The molecule has 0 aliphatic rings. The number of carboxylic acid groups (broad SMARTS) is 1. The van der Waals surface area contributed by atoms with Gasteiger partial charge in [-0.3, -0.25) is 0 Å². The maximum Gasteiger partial charge on any atom is 0.339 e. The van der Waals surface area contributed by atoms with Crippen LogP contribution < -0.4 is 4.72 Å². The molecule has 0 atom stereocenters. The Kier molecular flexibility index (Phi) is 4.36. The summed E-state index contributed by atoms with van der Waals surface area (Å²) >= 11 is 5.84. The van der Waals surface area contributed by atoms with Crippen LogP contribution in [-0.2, 0) is 16.6 Å². The van der Waals surface area contributed by atoms with Gasteiger partial charge in [0, 0.05) is 0 Å². The van der Waals surface area contributed by atoms with Gasteiger partial charge < -0.3 is 9.52 Å². The second-order valence-corrected chi connectivity index (χ2v) is 6.39. The van der Waals surface area contributed by atoms with Gasteiger partial charge in [0.25, 0.3) is 0 Å². The third-order valence-electron chi connectivity index (χ3n) is 2.76. The SMILES string of the molecule is Cc1oc(CNS(=O)(=O)c2ccccc2Cl)cc1C(=O)O. The van der Waals surface area contributed by atoms with Gasteiger partial charge in [-0.15, -0.1) is 0 Å². The van der Waals surface area contributed by atoms with E-state index >= 15 is 0 Å². The summed E-state index contributed by atoms with van der Waals surface area (Å²) in [7, 11) is -3.80. The average molecular weight is 330 g/mol. The summed E-state index contributed by atoms with van der Waals surface area (Å²) in [4.78, 5) is 10.8. The predicted octanol–water partition coefficient (Wildman–Crippen LogP) is 2.42. The van der Waals surface area contributed by atoms with E-state index in [-0.39, 0.29) is 33.5 Å². The molecule has 0 saturated heterocycles. The number of hydrogen-bond donors (Lipinski definition) is 2. The molecule has 21 heavy (non-hydrogen) atoms. The molecule has 8 heteroatoms. The third-order valence-corrected chi connectivity index (χ3v) is 4.66. The van der Waals surface area contributed by atoms with Crippen LogP contribution >= 0.6 is 11.6 Å². The highest BCUT2D eigenvalue weighted by molar-refractivity contribution is 7.89. The Bertz CT molecular complexity index is 782. The lowest BCUT2D eigenvalue weighted by Gasteiger charge is -2.06. The fourth-order valence-electron chi connectivity index (χ4n) is 1.75. The Morgan fingerprint density at radius 2 is 2.05 bits per heavy atom. The fraction of sp³-hybridized carbons (Fsp3) is 0.154. The van der Waals surface area contributed by atoms with Crippen LogP contribution in [0.15, 0.2) is 39.6 Å². The molecule has 0 aliphatic carbocycles. The van der Waals surface area contributed by atoms with Gasteiger partial charge in [-0.2, -0.15) is 0 Å². The normalized spacial score (nSPS) is 11.5. The van der Waals surface area contributed by atoms with Crippen molar-refractivity contribution in [1.29, 1.82) is 0 Å². The number of aryl methyl sites for hydroxylation is 1. The number of furan rings is 1. The summed E-state index contributed by atoms with van der Waals surface area (Å²) in [5.41, 5.74) is 0.00180. The van der Waals surface area contributed by atoms with Gasteiger partial charge in [0.2, 0.25) is 10.0 Å². The minimum absolute atomic E-state index is 0.00180. The summed E-state index contributed by atoms with van der Waals surface area (Å²) in [6.45, 7) is 1.33. The Labute approximate surface area is 126 Å². The minimum Gasteiger partial charge on any atom is -0.478 e. The minimum atomic E-state index is -3.80. The highest BCUT2D eigenvalue weighted by atomic mass is 35.5. The Morgan fingerprint density at radius 1 is 1.38 bits per heavy atom. The van der Waals surface area contributed by atoms with Crippen LogP contribution in [0.3, 0.4) is 0 Å². The van der Waals surface area contributed by atoms with Crippen LogP contribution in [0.1, 0.15) is 21.9 Å². The lowest BCUT2D eigenvalue weighted by atomic mass is 10.2. The zero-order valence-corrected chi connectivity index (χ0v) is 12.5. The van der Waals surface area contributed by atoms with Crippen molar-refractivity contribution in [2.75, 3.05) is 0 Å². The maximum absolute atomic E-state index is 12.1. The number of halogens is 1. The molecule has 1 aromatic carbocycles. The van der Waals surface area contributed by atoms with Crippen LogP contribution in [0.4, 0.5) is 0 Å². The van der Waals surface area contributed by atoms with E-state index < -0.39 is 16.0 Å². The number of benzene rings is 1. The van der Waals surface area contributed by atoms with Gasteiger partial charge in [0.05, 0.1) is 11.6 Å². The molecule has 0 bridgehead atoms. The molecule has 0 aliphatic heterocycles. The molecule has 112 valence electrons. The highest BCUT2D eigenvalue weighted by Crippen LogP contribution is 2.21. The highest BCUT2D eigenvalue weighted by Gasteiger charge is 2.19. The van der Waals surface area contributed by atoms with Gasteiger partial charge in [0.15, 0.2) is 0 Å². The summed E-state index contributed by atoms with van der Waals surface area (Å²) < 4.78 is 31.7. The zero-order chi connectivity index (χ0) is 15.6. The standard InChI is InChI=1S/C13H12ClNO5S/c1-8-10(13(16)17)6-9(20-8)7-15-21(18,19)12-5-3-2-4-11(12)14/h2-6,15H,7H2,1H3,(H,16,17). The van der Waals surface area contributed by atoms with Gasteiger partial charge in [-0.25, -0.2) is 17.9 Å². The molecule has 0 radical (unpaired) electrons. The van der Waals surface area contributed by atoms with E-state index in [0.29, 0.717) is 0 Å². The quantitative estimate of drug-likeness (QED) is 0.878. The first kappa shape index (κ1) is 15.6. The van der Waals surface area contributed by atoms with E-state index in [1.807, 2.05) is 0 Å². The molecule has 0 amide bonds. The first-order chi connectivity index (χ1) is 9.81. The van der Waals surface area contributed by atoms with Crippen molar-refractivity contribution >= 4 is 27.6 Å². The van der Waals surface area contributed by atoms with Crippen molar-refractivity contribution in [3.8, 4) is 0 Å². The largest absolute Gasteiger partial charge is 0.478 e. The van der Waals surface area contributed by atoms with Gasteiger partial charge in [0.1, 0.15) is 22.0 Å². The van der Waals surface area contributed by atoms with Crippen LogP contribution in [0.25, 0.3) is 0 Å². The van der Waals surface area contributed by atoms with E-state index in [0.717, 1.165) is 0 Å². The zero-order valence-electron chi connectivity index (χ0n) is 11.0. The monoisotopic (exact) mass is 329 g/mol. The molecule has 0 saturated carbocycles. The van der Waals surface area contributed by atoms with E-state index in [9.17, 15) is 13.2 Å². The van der Waals surface area contributed by atoms with Crippen LogP contribution in [0, 0.1) is 6.92 Å². The summed E-state index contributed by atoms with van der Waals surface area (Å²) in [5, 5.41) is 9.01. The van der Waals surface area contributed by atoms with Crippen LogP contribution in [0.2, 0.25) is 5.02 Å². The molecule has 0 unspecified atom stereocenters. The number of sulfonamides is 1. The first-order valence-corrected chi connectivity index (χ1v) is 7.74. The van der Waals surface area contributed by atoms with Crippen molar-refractivity contribution in [3.05, 3.63) is 52.4 Å².